The fraction of sp³-hybridized carbons (Fsp3) is 0.300. The normalized spacial score (nSPS) is 24.1. The molecule has 0 bridgehead atoms. The Hall–Kier alpha value is -1.69. The fourth-order valence-corrected chi connectivity index (χ4v) is 1.61. The lowest BCUT2D eigenvalue weighted by Gasteiger charge is -2.14. The highest BCUT2D eigenvalue weighted by molar-refractivity contribution is 5.70. The van der Waals surface area contributed by atoms with Crippen molar-refractivity contribution in [3.05, 3.63) is 35.4 Å². The Balaban J connectivity index is 2.29. The van der Waals surface area contributed by atoms with Crippen LogP contribution >= 0.6 is 0 Å². The maximum Gasteiger partial charge on any atom is 0.408 e. The largest absolute Gasteiger partial charge is 0.441 e. The minimum Gasteiger partial charge on any atom is -0.441 e. The summed E-state index contributed by atoms with van der Waals surface area (Å²) in [6.45, 7) is -0.387. The molecule has 1 fully saturated rings. The molecule has 1 aliphatic rings. The molecule has 6 heteroatoms. The predicted octanol–water partition coefficient (Wildman–Crippen LogP) is 1.11. The third kappa shape index (κ3) is 1.83. The molecule has 0 spiro atoms. The quantitative estimate of drug-likeness (QED) is 0.798. The number of aliphatic hydroxyl groups is 1. The average Bonchev–Trinajstić information content (AvgIpc) is 2.63. The van der Waals surface area contributed by atoms with Gasteiger partial charge in [0, 0.05) is 0 Å². The lowest BCUT2D eigenvalue weighted by molar-refractivity contribution is 0.0828. The Labute approximate surface area is 89.8 Å². The van der Waals surface area contributed by atoms with E-state index in [1.54, 1.807) is 0 Å². The van der Waals surface area contributed by atoms with Crippen molar-refractivity contribution in [2.45, 2.75) is 12.1 Å². The topological polar surface area (TPSA) is 58.6 Å². The van der Waals surface area contributed by atoms with Crippen molar-refractivity contribution in [2.24, 2.45) is 0 Å². The first-order valence-corrected chi connectivity index (χ1v) is 4.65. The first-order valence-electron chi connectivity index (χ1n) is 4.65. The van der Waals surface area contributed by atoms with Gasteiger partial charge < -0.3 is 15.2 Å². The van der Waals surface area contributed by atoms with Crippen LogP contribution in [-0.2, 0) is 4.74 Å². The second-order valence-electron chi connectivity index (χ2n) is 3.42. The number of benzene rings is 1. The number of hydrogen-bond donors (Lipinski definition) is 2. The molecular formula is C10H9F2NO3. The number of rotatable bonds is 2. The van der Waals surface area contributed by atoms with Crippen LogP contribution in [0.25, 0.3) is 0 Å². The Morgan fingerprint density at radius 2 is 2.12 bits per heavy atom. The Morgan fingerprint density at radius 1 is 1.38 bits per heavy atom. The van der Waals surface area contributed by atoms with Gasteiger partial charge in [0.2, 0.25) is 0 Å². The molecule has 2 atom stereocenters. The minimum absolute atomic E-state index is 0.351. The van der Waals surface area contributed by atoms with E-state index in [2.05, 4.69) is 5.32 Å². The molecule has 16 heavy (non-hydrogen) atoms. The zero-order valence-corrected chi connectivity index (χ0v) is 8.11. The van der Waals surface area contributed by atoms with Crippen LogP contribution in [0.1, 0.15) is 11.6 Å². The van der Waals surface area contributed by atoms with Crippen molar-refractivity contribution < 1.29 is 23.4 Å². The van der Waals surface area contributed by atoms with Crippen LogP contribution in [0, 0.1) is 11.6 Å². The molecule has 1 heterocycles. The Kier molecular flexibility index (Phi) is 2.74. The third-order valence-corrected chi connectivity index (χ3v) is 2.39. The molecule has 4 nitrogen and oxygen atoms in total. The lowest BCUT2D eigenvalue weighted by atomic mass is 10.0. The molecule has 0 saturated carbocycles. The number of carbonyl (C=O) groups excluding carboxylic acids is 1. The molecule has 0 radical (unpaired) electrons. The first kappa shape index (κ1) is 10.8. The summed E-state index contributed by atoms with van der Waals surface area (Å²) in [6, 6.07) is 2.61. The first-order chi connectivity index (χ1) is 7.61. The summed E-state index contributed by atoms with van der Waals surface area (Å²) in [5.74, 6) is -1.97. The van der Waals surface area contributed by atoms with Crippen molar-refractivity contribution in [3.8, 4) is 0 Å². The predicted molar refractivity (Wildman–Crippen MR) is 49.6 cm³/mol. The van der Waals surface area contributed by atoms with Gasteiger partial charge in [-0.1, -0.05) is 6.07 Å². The van der Waals surface area contributed by atoms with Crippen LogP contribution in [0.3, 0.4) is 0 Å². The van der Waals surface area contributed by atoms with E-state index in [9.17, 15) is 13.6 Å². The van der Waals surface area contributed by atoms with Gasteiger partial charge in [-0.2, -0.15) is 0 Å². The summed E-state index contributed by atoms with van der Waals surface area (Å²) in [5, 5.41) is 11.4. The molecule has 0 aromatic heterocycles. The van der Waals surface area contributed by atoms with E-state index < -0.39 is 29.9 Å². The zero-order chi connectivity index (χ0) is 11.7. The van der Waals surface area contributed by atoms with E-state index in [1.165, 1.54) is 6.07 Å². The maximum absolute atomic E-state index is 13.0. The number of ether oxygens (including phenoxy) is 1. The van der Waals surface area contributed by atoms with Gasteiger partial charge >= 0.3 is 6.09 Å². The standard InChI is InChI=1S/C10H9F2NO3/c11-6-2-1-5(3-7(6)12)9-8(4-14)16-10(15)13-9/h1-3,8-9,14H,4H2,(H,13,15)/t8-,9-/m0/s1. The lowest BCUT2D eigenvalue weighted by Crippen LogP contribution is -2.25. The molecule has 1 amide bonds. The third-order valence-electron chi connectivity index (χ3n) is 2.39. The van der Waals surface area contributed by atoms with Crippen molar-refractivity contribution in [1.82, 2.24) is 5.32 Å². The molecule has 1 saturated heterocycles. The molecule has 1 aromatic carbocycles. The van der Waals surface area contributed by atoms with Gasteiger partial charge in [-0.3, -0.25) is 0 Å². The Morgan fingerprint density at radius 3 is 2.75 bits per heavy atom. The molecule has 0 unspecified atom stereocenters. The number of carbonyl (C=O) groups is 1. The monoisotopic (exact) mass is 229 g/mol. The van der Waals surface area contributed by atoms with Crippen molar-refractivity contribution in [1.29, 1.82) is 0 Å². The van der Waals surface area contributed by atoms with Crippen LogP contribution in [0.2, 0.25) is 0 Å². The van der Waals surface area contributed by atoms with Crippen molar-refractivity contribution in [2.75, 3.05) is 6.61 Å². The maximum atomic E-state index is 13.0. The second-order valence-corrected chi connectivity index (χ2v) is 3.42. The minimum atomic E-state index is -1.00. The van der Waals surface area contributed by atoms with Gasteiger partial charge in [0.15, 0.2) is 17.7 Å². The molecule has 0 aliphatic carbocycles. The van der Waals surface area contributed by atoms with Gasteiger partial charge in [-0.15, -0.1) is 0 Å². The van der Waals surface area contributed by atoms with Crippen molar-refractivity contribution in [3.63, 3.8) is 0 Å². The van der Waals surface area contributed by atoms with Crippen molar-refractivity contribution >= 4 is 6.09 Å². The van der Waals surface area contributed by atoms with Gasteiger partial charge in [-0.05, 0) is 17.7 Å². The smallest absolute Gasteiger partial charge is 0.408 e. The highest BCUT2D eigenvalue weighted by Gasteiger charge is 2.34. The number of nitrogens with one attached hydrogen (secondary N) is 1. The van der Waals surface area contributed by atoms with E-state index in [1.807, 2.05) is 0 Å². The molecule has 1 aromatic rings. The van der Waals surface area contributed by atoms with Crippen LogP contribution in [-0.4, -0.2) is 23.9 Å². The summed E-state index contributed by atoms with van der Waals surface area (Å²) in [7, 11) is 0. The van der Waals surface area contributed by atoms with Crippen LogP contribution in [0.5, 0.6) is 0 Å². The number of cyclic esters (lactones) is 1. The highest BCUT2D eigenvalue weighted by atomic mass is 19.2. The summed E-state index contributed by atoms with van der Waals surface area (Å²) in [6.07, 6.45) is -1.47. The summed E-state index contributed by atoms with van der Waals surface area (Å²) in [4.78, 5) is 10.9. The van der Waals surface area contributed by atoms with E-state index in [0.29, 0.717) is 5.56 Å². The summed E-state index contributed by atoms with van der Waals surface area (Å²) in [5.41, 5.74) is 0.351. The van der Waals surface area contributed by atoms with E-state index in [-0.39, 0.29) is 6.61 Å². The molecular weight excluding hydrogens is 220 g/mol. The SMILES string of the molecule is O=C1N[C@@H](c2ccc(F)c(F)c2)[C@H](CO)O1. The zero-order valence-electron chi connectivity index (χ0n) is 8.11. The number of amides is 1. The fourth-order valence-electron chi connectivity index (χ4n) is 1.61. The highest BCUT2D eigenvalue weighted by Crippen LogP contribution is 2.25. The van der Waals surface area contributed by atoms with Crippen LogP contribution in [0.4, 0.5) is 13.6 Å². The summed E-state index contributed by atoms with van der Waals surface area (Å²) >= 11 is 0. The van der Waals surface area contributed by atoms with E-state index in [0.717, 1.165) is 12.1 Å². The summed E-state index contributed by atoms with van der Waals surface area (Å²) < 4.78 is 30.4. The van der Waals surface area contributed by atoms with Gasteiger partial charge in [0.25, 0.3) is 0 Å². The van der Waals surface area contributed by atoms with Gasteiger partial charge in [0.1, 0.15) is 0 Å². The van der Waals surface area contributed by atoms with E-state index >= 15 is 0 Å². The van der Waals surface area contributed by atoms with Crippen LogP contribution in [0.15, 0.2) is 18.2 Å². The molecule has 2 N–H and O–H groups in total. The second kappa shape index (κ2) is 4.05. The number of aliphatic hydroxyl groups excluding tert-OH is 1. The molecule has 2 rings (SSSR count). The molecule has 1 aliphatic heterocycles. The van der Waals surface area contributed by atoms with Gasteiger partial charge in [0.05, 0.1) is 12.6 Å². The van der Waals surface area contributed by atoms with E-state index in [4.69, 9.17) is 9.84 Å². The number of halogens is 2. The Bertz CT molecular complexity index is 425. The van der Waals surface area contributed by atoms with Crippen LogP contribution < -0.4 is 5.32 Å². The molecule has 86 valence electrons. The number of alkyl carbamates (subject to hydrolysis) is 1. The van der Waals surface area contributed by atoms with Gasteiger partial charge in [-0.25, -0.2) is 13.6 Å². The average molecular weight is 229 g/mol. The number of hydrogen-bond acceptors (Lipinski definition) is 3.